The van der Waals surface area contributed by atoms with Crippen LogP contribution in [0.25, 0.3) is 0 Å². The number of benzene rings is 1. The fourth-order valence-corrected chi connectivity index (χ4v) is 1.70. The van der Waals surface area contributed by atoms with E-state index in [2.05, 4.69) is 10.3 Å². The molecule has 0 saturated carbocycles. The molecule has 2 rings (SSSR count). The van der Waals surface area contributed by atoms with Crippen LogP contribution in [0.2, 0.25) is 0 Å². The number of nitrogens with zero attached hydrogens (tertiary/aromatic N) is 1. The monoisotopic (exact) mass is 244 g/mol. The van der Waals surface area contributed by atoms with Crippen molar-refractivity contribution in [3.05, 3.63) is 59.2 Å². The molecule has 1 aromatic carbocycles. The van der Waals surface area contributed by atoms with Crippen molar-refractivity contribution in [2.24, 2.45) is 0 Å². The van der Waals surface area contributed by atoms with Crippen molar-refractivity contribution in [3.63, 3.8) is 0 Å². The minimum atomic E-state index is -0.764. The number of pyridine rings is 1. The average molecular weight is 244 g/mol. The smallest absolute Gasteiger partial charge is 0.260 e. The third kappa shape index (κ3) is 2.53. The van der Waals surface area contributed by atoms with Crippen LogP contribution in [-0.4, -0.2) is 10.9 Å². The predicted octanol–water partition coefficient (Wildman–Crippen LogP) is 3.09. The molecule has 0 radical (unpaired) electrons. The molecule has 0 aliphatic carbocycles. The van der Waals surface area contributed by atoms with Crippen molar-refractivity contribution in [2.75, 3.05) is 5.32 Å². The molecule has 3 nitrogen and oxygen atoms in total. The molecule has 0 fully saturated rings. The first-order valence-electron chi connectivity index (χ1n) is 5.57. The second kappa shape index (κ2) is 4.96. The van der Waals surface area contributed by atoms with E-state index in [1.165, 1.54) is 18.3 Å². The van der Waals surface area contributed by atoms with Crippen LogP contribution in [0.15, 0.2) is 36.5 Å². The number of carbonyl (C=O) groups is 1. The van der Waals surface area contributed by atoms with Gasteiger partial charge in [-0.05, 0) is 37.6 Å². The molecular formula is C14H13FN2O. The molecule has 0 bridgehead atoms. The van der Waals surface area contributed by atoms with Gasteiger partial charge in [-0.25, -0.2) is 4.98 Å². The predicted molar refractivity (Wildman–Crippen MR) is 68.1 cm³/mol. The zero-order chi connectivity index (χ0) is 13.1. The van der Waals surface area contributed by atoms with Crippen LogP contribution in [0.1, 0.15) is 21.5 Å². The summed E-state index contributed by atoms with van der Waals surface area (Å²) in [5.41, 5.74) is 2.66. The number of hydrogen-bond acceptors (Lipinski definition) is 2. The third-order valence-electron chi connectivity index (χ3n) is 2.63. The Morgan fingerprint density at radius 2 is 2.06 bits per heavy atom. The molecular weight excluding hydrogens is 231 g/mol. The number of halogens is 1. The Morgan fingerprint density at radius 1 is 1.28 bits per heavy atom. The second-order valence-electron chi connectivity index (χ2n) is 4.11. The number of aryl methyl sites for hydroxylation is 2. The van der Waals surface area contributed by atoms with E-state index >= 15 is 0 Å². The summed E-state index contributed by atoms with van der Waals surface area (Å²) in [6.45, 7) is 3.86. The molecule has 1 heterocycles. The summed E-state index contributed by atoms with van der Waals surface area (Å²) in [5.74, 6) is -1.26. The van der Waals surface area contributed by atoms with E-state index in [4.69, 9.17) is 0 Å². The zero-order valence-electron chi connectivity index (χ0n) is 10.2. The van der Waals surface area contributed by atoms with E-state index in [1.54, 1.807) is 6.07 Å². The van der Waals surface area contributed by atoms with Crippen molar-refractivity contribution in [3.8, 4) is 0 Å². The van der Waals surface area contributed by atoms with Gasteiger partial charge >= 0.3 is 0 Å². The maximum atomic E-state index is 13.3. The minimum Gasteiger partial charge on any atom is -0.322 e. The molecule has 0 aliphatic heterocycles. The van der Waals surface area contributed by atoms with Gasteiger partial charge in [-0.1, -0.05) is 17.7 Å². The molecule has 4 heteroatoms. The number of rotatable bonds is 2. The minimum absolute atomic E-state index is 0.0579. The standard InChI is InChI=1S/C14H13FN2O/c1-9-5-6-12(10(2)8-9)17-14(18)11-4-3-7-16-13(11)15/h3-8H,1-2H3,(H,17,18). The van der Waals surface area contributed by atoms with E-state index in [0.717, 1.165) is 11.1 Å². The fraction of sp³-hybridized carbons (Fsp3) is 0.143. The second-order valence-corrected chi connectivity index (χ2v) is 4.11. The first-order chi connectivity index (χ1) is 8.58. The SMILES string of the molecule is Cc1ccc(NC(=O)c2cccnc2F)c(C)c1. The van der Waals surface area contributed by atoms with Crippen LogP contribution in [0.4, 0.5) is 10.1 Å². The molecule has 1 N–H and O–H groups in total. The van der Waals surface area contributed by atoms with Crippen LogP contribution in [0.3, 0.4) is 0 Å². The lowest BCUT2D eigenvalue weighted by Gasteiger charge is -2.09. The molecule has 0 unspecified atom stereocenters. The van der Waals surface area contributed by atoms with Crippen LogP contribution >= 0.6 is 0 Å². The molecule has 2 aromatic rings. The van der Waals surface area contributed by atoms with Crippen molar-refractivity contribution in [1.82, 2.24) is 4.98 Å². The van der Waals surface area contributed by atoms with Gasteiger partial charge < -0.3 is 5.32 Å². The van der Waals surface area contributed by atoms with Gasteiger partial charge in [-0.3, -0.25) is 4.79 Å². The van der Waals surface area contributed by atoms with E-state index in [0.29, 0.717) is 5.69 Å². The summed E-state index contributed by atoms with van der Waals surface area (Å²) in [6.07, 6.45) is 1.31. The van der Waals surface area contributed by atoms with Crippen molar-refractivity contribution < 1.29 is 9.18 Å². The summed E-state index contributed by atoms with van der Waals surface area (Å²) in [6, 6.07) is 8.58. The summed E-state index contributed by atoms with van der Waals surface area (Å²) >= 11 is 0. The number of aromatic nitrogens is 1. The normalized spacial score (nSPS) is 10.2. The first-order valence-corrected chi connectivity index (χ1v) is 5.57. The largest absolute Gasteiger partial charge is 0.322 e. The highest BCUT2D eigenvalue weighted by Crippen LogP contribution is 2.17. The highest BCUT2D eigenvalue weighted by Gasteiger charge is 2.12. The number of amides is 1. The fourth-order valence-electron chi connectivity index (χ4n) is 1.70. The summed E-state index contributed by atoms with van der Waals surface area (Å²) in [4.78, 5) is 15.3. The quantitative estimate of drug-likeness (QED) is 0.825. The van der Waals surface area contributed by atoms with Gasteiger partial charge in [0, 0.05) is 11.9 Å². The molecule has 0 saturated heterocycles. The lowest BCUT2D eigenvalue weighted by atomic mass is 10.1. The average Bonchev–Trinajstić information content (AvgIpc) is 2.33. The summed E-state index contributed by atoms with van der Waals surface area (Å²) < 4.78 is 13.3. The summed E-state index contributed by atoms with van der Waals surface area (Å²) in [5, 5.41) is 2.68. The van der Waals surface area contributed by atoms with Crippen molar-refractivity contribution >= 4 is 11.6 Å². The number of anilines is 1. The maximum absolute atomic E-state index is 13.3. The van der Waals surface area contributed by atoms with Gasteiger partial charge in [0.25, 0.3) is 5.91 Å². The van der Waals surface area contributed by atoms with Crippen LogP contribution in [-0.2, 0) is 0 Å². The van der Waals surface area contributed by atoms with Crippen molar-refractivity contribution in [2.45, 2.75) is 13.8 Å². The Morgan fingerprint density at radius 3 is 2.72 bits per heavy atom. The zero-order valence-corrected chi connectivity index (χ0v) is 10.2. The number of nitrogens with one attached hydrogen (secondary N) is 1. The molecule has 0 spiro atoms. The lowest BCUT2D eigenvalue weighted by Crippen LogP contribution is -2.15. The number of hydrogen-bond donors (Lipinski definition) is 1. The van der Waals surface area contributed by atoms with E-state index in [1.807, 2.05) is 26.0 Å². The maximum Gasteiger partial charge on any atom is 0.260 e. The highest BCUT2D eigenvalue weighted by atomic mass is 19.1. The van der Waals surface area contributed by atoms with Crippen LogP contribution in [0.5, 0.6) is 0 Å². The van der Waals surface area contributed by atoms with Gasteiger partial charge in [0.1, 0.15) is 0 Å². The first kappa shape index (κ1) is 12.2. The Kier molecular flexibility index (Phi) is 3.37. The van der Waals surface area contributed by atoms with Gasteiger partial charge in [0.15, 0.2) is 0 Å². The van der Waals surface area contributed by atoms with E-state index in [-0.39, 0.29) is 5.56 Å². The molecule has 1 amide bonds. The van der Waals surface area contributed by atoms with Gasteiger partial charge in [-0.15, -0.1) is 0 Å². The molecule has 92 valence electrons. The van der Waals surface area contributed by atoms with Gasteiger partial charge in [0.05, 0.1) is 5.56 Å². The highest BCUT2D eigenvalue weighted by molar-refractivity contribution is 6.04. The Bertz CT molecular complexity index is 596. The Hall–Kier alpha value is -2.23. The van der Waals surface area contributed by atoms with Gasteiger partial charge in [0.2, 0.25) is 5.95 Å². The molecule has 18 heavy (non-hydrogen) atoms. The van der Waals surface area contributed by atoms with E-state index in [9.17, 15) is 9.18 Å². The lowest BCUT2D eigenvalue weighted by molar-refractivity contribution is 0.102. The Labute approximate surface area is 105 Å². The third-order valence-corrected chi connectivity index (χ3v) is 2.63. The van der Waals surface area contributed by atoms with Crippen LogP contribution < -0.4 is 5.32 Å². The van der Waals surface area contributed by atoms with E-state index < -0.39 is 11.9 Å². The molecule has 1 aromatic heterocycles. The topological polar surface area (TPSA) is 42.0 Å². The number of carbonyl (C=O) groups excluding carboxylic acids is 1. The summed E-state index contributed by atoms with van der Waals surface area (Å²) in [7, 11) is 0. The van der Waals surface area contributed by atoms with Crippen molar-refractivity contribution in [1.29, 1.82) is 0 Å². The molecule has 0 aliphatic rings. The van der Waals surface area contributed by atoms with Crippen LogP contribution in [0, 0.1) is 19.8 Å². The van der Waals surface area contributed by atoms with Gasteiger partial charge in [-0.2, -0.15) is 4.39 Å². The molecule has 0 atom stereocenters. The Balaban J connectivity index is 2.24.